The van der Waals surface area contributed by atoms with Gasteiger partial charge < -0.3 is 5.73 Å². The summed E-state index contributed by atoms with van der Waals surface area (Å²) >= 11 is 0. The minimum absolute atomic E-state index is 0.839. The van der Waals surface area contributed by atoms with Crippen molar-refractivity contribution in [3.05, 3.63) is 72.3 Å². The van der Waals surface area contributed by atoms with Gasteiger partial charge in [0.1, 0.15) is 12.0 Å². The highest BCUT2D eigenvalue weighted by Crippen LogP contribution is 2.35. The summed E-state index contributed by atoms with van der Waals surface area (Å²) < 4.78 is 0. The van der Waals surface area contributed by atoms with E-state index in [9.17, 15) is 0 Å². The number of aromatic nitrogens is 4. The molecule has 2 aromatic heterocycles. The Bertz CT molecular complexity index is 1190. The normalized spacial score (nSPS) is 12.1. The lowest BCUT2D eigenvalue weighted by molar-refractivity contribution is 1.05. The summed E-state index contributed by atoms with van der Waals surface area (Å²) in [6, 6.07) is 16.1. The number of nitrogens with zero attached hydrogens (tertiary/aromatic N) is 4. The second-order valence-electron chi connectivity index (χ2n) is 6.40. The number of nitrogens with one attached hydrogen (secondary N) is 1. The molecule has 6 heteroatoms. The summed E-state index contributed by atoms with van der Waals surface area (Å²) in [6.45, 7) is 2.00. The molecule has 3 N–H and O–H groups in total. The van der Waals surface area contributed by atoms with Crippen LogP contribution >= 0.6 is 0 Å². The number of hydrogen-bond acceptors (Lipinski definition) is 5. The zero-order valence-corrected chi connectivity index (χ0v) is 15.7. The number of H-pyrrole nitrogens is 1. The first kappa shape index (κ1) is 17.6. The Hall–Kier alpha value is -3.80. The summed E-state index contributed by atoms with van der Waals surface area (Å²) in [5.74, 6) is 0. The van der Waals surface area contributed by atoms with E-state index >= 15 is 0 Å². The van der Waals surface area contributed by atoms with Gasteiger partial charge >= 0.3 is 0 Å². The van der Waals surface area contributed by atoms with Gasteiger partial charge in [0.2, 0.25) is 0 Å². The van der Waals surface area contributed by atoms with Gasteiger partial charge in [0.05, 0.1) is 11.2 Å². The molecule has 28 heavy (non-hydrogen) atoms. The van der Waals surface area contributed by atoms with Gasteiger partial charge in [-0.2, -0.15) is 5.10 Å². The van der Waals surface area contributed by atoms with Gasteiger partial charge in [-0.25, -0.2) is 9.97 Å². The number of allylic oxidation sites excluding steroid dienone is 1. The Morgan fingerprint density at radius 1 is 1.07 bits per heavy atom. The highest BCUT2D eigenvalue weighted by atomic mass is 15.1. The molecule has 0 unspecified atom stereocenters. The fraction of sp³-hybridized carbons (Fsp3) is 0.0909. The number of rotatable bonds is 4. The second kappa shape index (κ2) is 7.44. The molecule has 0 saturated carbocycles. The third kappa shape index (κ3) is 3.05. The highest BCUT2D eigenvalue weighted by Gasteiger charge is 2.18. The molecule has 4 rings (SSSR count). The zero-order valence-electron chi connectivity index (χ0n) is 15.7. The van der Waals surface area contributed by atoms with E-state index in [1.165, 1.54) is 0 Å². The van der Waals surface area contributed by atoms with Crippen molar-refractivity contribution in [1.29, 1.82) is 0 Å². The van der Waals surface area contributed by atoms with E-state index in [-0.39, 0.29) is 0 Å². The van der Waals surface area contributed by atoms with E-state index in [4.69, 9.17) is 5.73 Å². The first-order chi connectivity index (χ1) is 13.7. The standard InChI is InChI=1S/C22H20N6/c1-14-20(21(28-27-14)15-6-4-3-5-7-15)22-18-9-8-16(17(11-23)12-24-2)10-19(18)25-13-26-22/h3-13H,23H2,1-2H3,(H,27,28)/b17-11+,24-12?. The number of fused-ring (bicyclic) bond motifs is 1. The zero-order chi connectivity index (χ0) is 19.5. The molecule has 0 aliphatic carbocycles. The van der Waals surface area contributed by atoms with Crippen molar-refractivity contribution >= 4 is 22.7 Å². The number of aryl methyl sites for hydroxylation is 1. The molecule has 2 aromatic carbocycles. The van der Waals surface area contributed by atoms with Crippen molar-refractivity contribution in [3.63, 3.8) is 0 Å². The summed E-state index contributed by atoms with van der Waals surface area (Å²) in [4.78, 5) is 13.1. The molecule has 0 saturated heterocycles. The minimum atomic E-state index is 0.839. The Morgan fingerprint density at radius 2 is 1.89 bits per heavy atom. The van der Waals surface area contributed by atoms with Gasteiger partial charge in [0.15, 0.2) is 0 Å². The van der Waals surface area contributed by atoms with E-state index in [1.54, 1.807) is 25.8 Å². The number of hydrogen-bond donors (Lipinski definition) is 2. The first-order valence-electron chi connectivity index (χ1n) is 8.93. The molecule has 138 valence electrons. The molecule has 0 amide bonds. The first-order valence-corrected chi connectivity index (χ1v) is 8.93. The van der Waals surface area contributed by atoms with Crippen molar-refractivity contribution in [1.82, 2.24) is 20.2 Å². The van der Waals surface area contributed by atoms with Crippen LogP contribution in [0.4, 0.5) is 0 Å². The van der Waals surface area contributed by atoms with Gasteiger partial charge in [0, 0.05) is 47.2 Å². The highest BCUT2D eigenvalue weighted by molar-refractivity contribution is 6.11. The Kier molecular flexibility index (Phi) is 4.68. The lowest BCUT2D eigenvalue weighted by atomic mass is 9.98. The fourth-order valence-corrected chi connectivity index (χ4v) is 3.31. The largest absolute Gasteiger partial charge is 0.404 e. The van der Waals surface area contributed by atoms with Crippen LogP contribution in [0, 0.1) is 6.92 Å². The quantitative estimate of drug-likeness (QED) is 0.533. The molecule has 0 bridgehead atoms. The van der Waals surface area contributed by atoms with Gasteiger partial charge in [-0.1, -0.05) is 36.4 Å². The van der Waals surface area contributed by atoms with Crippen LogP contribution in [0.25, 0.3) is 39.0 Å². The second-order valence-corrected chi connectivity index (χ2v) is 6.40. The van der Waals surface area contributed by atoms with Crippen LogP contribution in [0.2, 0.25) is 0 Å². The lowest BCUT2D eigenvalue weighted by Crippen LogP contribution is -1.95. The topological polar surface area (TPSA) is 92.8 Å². The fourth-order valence-electron chi connectivity index (χ4n) is 3.31. The average Bonchev–Trinajstić information content (AvgIpc) is 3.13. The van der Waals surface area contributed by atoms with Crippen LogP contribution in [0.3, 0.4) is 0 Å². The minimum Gasteiger partial charge on any atom is -0.404 e. The predicted molar refractivity (Wildman–Crippen MR) is 114 cm³/mol. The van der Waals surface area contributed by atoms with Gasteiger partial charge in [-0.3, -0.25) is 10.1 Å². The van der Waals surface area contributed by atoms with Crippen molar-refractivity contribution in [3.8, 4) is 22.5 Å². The van der Waals surface area contributed by atoms with Crippen molar-refractivity contribution < 1.29 is 0 Å². The molecule has 2 heterocycles. The van der Waals surface area contributed by atoms with E-state index in [0.29, 0.717) is 0 Å². The predicted octanol–water partition coefficient (Wildman–Crippen LogP) is 4.00. The van der Waals surface area contributed by atoms with Gasteiger partial charge in [-0.05, 0) is 24.6 Å². The molecule has 0 atom stereocenters. The lowest BCUT2D eigenvalue weighted by Gasteiger charge is -2.09. The number of aliphatic imine (C=N–C) groups is 1. The van der Waals surface area contributed by atoms with Crippen LogP contribution < -0.4 is 5.73 Å². The average molecular weight is 368 g/mol. The monoisotopic (exact) mass is 368 g/mol. The maximum Gasteiger partial charge on any atom is 0.116 e. The van der Waals surface area contributed by atoms with Crippen molar-refractivity contribution in [2.75, 3.05) is 7.05 Å². The maximum atomic E-state index is 5.75. The van der Waals surface area contributed by atoms with Crippen LogP contribution in [0.15, 0.2) is 66.1 Å². The number of nitrogens with two attached hydrogens (primary N) is 1. The SMILES string of the molecule is CN=C/C(=C\N)c1ccc2c(-c3c(-c4ccccc4)n[nH]c3C)ncnc2c1. The third-order valence-electron chi connectivity index (χ3n) is 4.65. The molecule has 0 aliphatic rings. The summed E-state index contributed by atoms with van der Waals surface area (Å²) in [5.41, 5.74) is 13.1. The molecule has 6 nitrogen and oxygen atoms in total. The van der Waals surface area contributed by atoms with Crippen LogP contribution in [-0.2, 0) is 0 Å². The van der Waals surface area contributed by atoms with E-state index in [1.807, 2.05) is 55.5 Å². The van der Waals surface area contributed by atoms with E-state index in [0.717, 1.165) is 50.2 Å². The van der Waals surface area contributed by atoms with Crippen molar-refractivity contribution in [2.45, 2.75) is 6.92 Å². The van der Waals surface area contributed by atoms with Crippen LogP contribution in [-0.4, -0.2) is 33.4 Å². The molecule has 0 spiro atoms. The van der Waals surface area contributed by atoms with Gasteiger partial charge in [0.25, 0.3) is 0 Å². The van der Waals surface area contributed by atoms with E-state index in [2.05, 4.69) is 25.2 Å². The van der Waals surface area contributed by atoms with Gasteiger partial charge in [-0.15, -0.1) is 0 Å². The van der Waals surface area contributed by atoms with Crippen LogP contribution in [0.5, 0.6) is 0 Å². The molecule has 4 aromatic rings. The maximum absolute atomic E-state index is 5.75. The Morgan fingerprint density at radius 3 is 2.64 bits per heavy atom. The third-order valence-corrected chi connectivity index (χ3v) is 4.65. The molecule has 0 radical (unpaired) electrons. The summed E-state index contributed by atoms with van der Waals surface area (Å²) in [6.07, 6.45) is 4.86. The molecular weight excluding hydrogens is 348 g/mol. The molecule has 0 aliphatic heterocycles. The van der Waals surface area contributed by atoms with Crippen LogP contribution in [0.1, 0.15) is 11.3 Å². The van der Waals surface area contributed by atoms with E-state index < -0.39 is 0 Å². The molecular formula is C22H20N6. The van der Waals surface area contributed by atoms with Crippen molar-refractivity contribution in [2.24, 2.45) is 10.7 Å². The smallest absolute Gasteiger partial charge is 0.116 e. The Labute approximate surface area is 162 Å². The summed E-state index contributed by atoms with van der Waals surface area (Å²) in [7, 11) is 1.72. The Balaban J connectivity index is 1.91. The molecule has 0 fully saturated rings. The number of aromatic amines is 1. The number of benzene rings is 2. The summed E-state index contributed by atoms with van der Waals surface area (Å²) in [5, 5.41) is 8.58.